The molecule has 0 aliphatic heterocycles. The lowest BCUT2D eigenvalue weighted by Gasteiger charge is -2.05. The van der Waals surface area contributed by atoms with Gasteiger partial charge in [-0.1, -0.05) is 31.9 Å². The van der Waals surface area contributed by atoms with Gasteiger partial charge in [0.15, 0.2) is 5.82 Å². The van der Waals surface area contributed by atoms with Crippen LogP contribution in [-0.4, -0.2) is 23.2 Å². The van der Waals surface area contributed by atoms with Crippen LogP contribution in [0.2, 0.25) is 0 Å². The van der Waals surface area contributed by atoms with Crippen molar-refractivity contribution in [1.29, 1.82) is 0 Å². The molecule has 0 fully saturated rings. The van der Waals surface area contributed by atoms with Gasteiger partial charge in [0.25, 0.3) is 15.2 Å². The van der Waals surface area contributed by atoms with E-state index in [1.165, 1.54) is 4.57 Å². The summed E-state index contributed by atoms with van der Waals surface area (Å²) in [6, 6.07) is 5.48. The molecule has 1 aromatic carbocycles. The minimum Gasteiger partial charge on any atom is -0.300 e. The Morgan fingerprint density at radius 2 is 1.94 bits per heavy atom. The lowest BCUT2D eigenvalue weighted by molar-refractivity contribution is 0.580. The van der Waals surface area contributed by atoms with Crippen LogP contribution >= 0.6 is 31.9 Å². The molecule has 0 aliphatic rings. The molecule has 0 aliphatic carbocycles. The molecule has 0 saturated heterocycles. The van der Waals surface area contributed by atoms with Gasteiger partial charge in [-0.25, -0.2) is 13.6 Å². The van der Waals surface area contributed by atoms with Crippen LogP contribution in [-0.2, 0) is 17.1 Å². The third-order valence-corrected chi connectivity index (χ3v) is 4.31. The highest BCUT2D eigenvalue weighted by molar-refractivity contribution is 9.11. The quantitative estimate of drug-likeness (QED) is 0.836. The van der Waals surface area contributed by atoms with Crippen LogP contribution in [0.25, 0.3) is 11.4 Å². The van der Waals surface area contributed by atoms with Gasteiger partial charge < -0.3 is 0 Å². The van der Waals surface area contributed by atoms with Crippen LogP contribution in [0.15, 0.2) is 32.3 Å². The minimum absolute atomic E-state index is 0.274. The lowest BCUT2D eigenvalue weighted by Crippen LogP contribution is -2.17. The number of nitrogens with two attached hydrogens (primary N) is 1. The molecule has 2 rings (SSSR count). The van der Waals surface area contributed by atoms with Gasteiger partial charge in [0.05, 0.1) is 0 Å². The molecule has 1 aromatic heterocycles. The first-order valence-electron chi connectivity index (χ1n) is 4.68. The van der Waals surface area contributed by atoms with Gasteiger partial charge in [-0.2, -0.15) is 0 Å². The monoisotopic (exact) mass is 394 g/mol. The summed E-state index contributed by atoms with van der Waals surface area (Å²) in [7, 11) is -2.34. The Bertz CT molecular complexity index is 711. The van der Waals surface area contributed by atoms with Gasteiger partial charge >= 0.3 is 0 Å². The van der Waals surface area contributed by atoms with Crippen LogP contribution in [0.4, 0.5) is 0 Å². The van der Waals surface area contributed by atoms with E-state index in [0.717, 1.165) is 8.95 Å². The molecule has 0 amide bonds. The molecule has 1 heterocycles. The summed E-state index contributed by atoms with van der Waals surface area (Å²) in [4.78, 5) is 0. The molecule has 6 nitrogen and oxygen atoms in total. The van der Waals surface area contributed by atoms with Crippen molar-refractivity contribution in [2.45, 2.75) is 5.16 Å². The molecule has 0 spiro atoms. The predicted octanol–water partition coefficient (Wildman–Crippen LogP) is 1.65. The first-order valence-corrected chi connectivity index (χ1v) is 7.81. The molecule has 0 atom stereocenters. The number of hydrogen-bond acceptors (Lipinski definition) is 4. The van der Waals surface area contributed by atoms with E-state index in [4.69, 9.17) is 5.14 Å². The maximum atomic E-state index is 11.3. The molecule has 0 unspecified atom stereocenters. The topological polar surface area (TPSA) is 90.9 Å². The number of rotatable bonds is 2. The second kappa shape index (κ2) is 4.72. The van der Waals surface area contributed by atoms with Crippen molar-refractivity contribution >= 4 is 41.9 Å². The number of aromatic nitrogens is 3. The number of primary sulfonamides is 1. The Labute approximate surface area is 121 Å². The first kappa shape index (κ1) is 13.7. The van der Waals surface area contributed by atoms with Gasteiger partial charge in [0.2, 0.25) is 0 Å². The number of halogens is 2. The number of nitrogens with zero attached hydrogens (tertiary/aromatic N) is 3. The first-order chi connectivity index (χ1) is 8.30. The van der Waals surface area contributed by atoms with Crippen molar-refractivity contribution < 1.29 is 8.42 Å². The number of sulfonamides is 1. The molecule has 9 heteroatoms. The highest BCUT2D eigenvalue weighted by Crippen LogP contribution is 2.30. The number of hydrogen-bond donors (Lipinski definition) is 1. The summed E-state index contributed by atoms with van der Waals surface area (Å²) in [6.45, 7) is 0. The van der Waals surface area contributed by atoms with Gasteiger partial charge in [-0.3, -0.25) is 4.57 Å². The van der Waals surface area contributed by atoms with Crippen molar-refractivity contribution in [3.05, 3.63) is 27.1 Å². The normalized spacial score (nSPS) is 11.8. The zero-order valence-corrected chi connectivity index (χ0v) is 13.1. The van der Waals surface area contributed by atoms with E-state index < -0.39 is 10.0 Å². The Balaban J connectivity index is 2.67. The molecule has 18 heavy (non-hydrogen) atoms. The maximum absolute atomic E-state index is 11.3. The standard InChI is InChI=1S/C9H8Br2N4O2S/c1-15-8(13-14-9(15)18(12,16)17)6-4-5(10)2-3-7(6)11/h2-4H,1H3,(H2,12,16,17). The highest BCUT2D eigenvalue weighted by Gasteiger charge is 2.20. The molecule has 0 radical (unpaired) electrons. The minimum atomic E-state index is -3.88. The van der Waals surface area contributed by atoms with Crippen molar-refractivity contribution in [2.75, 3.05) is 0 Å². The average Bonchev–Trinajstić information content (AvgIpc) is 2.63. The third-order valence-electron chi connectivity index (χ3n) is 2.26. The van der Waals surface area contributed by atoms with Crippen molar-refractivity contribution in [3.8, 4) is 11.4 Å². The van der Waals surface area contributed by atoms with E-state index >= 15 is 0 Å². The fourth-order valence-electron chi connectivity index (χ4n) is 1.47. The van der Waals surface area contributed by atoms with Crippen LogP contribution in [0, 0.1) is 0 Å². The van der Waals surface area contributed by atoms with E-state index in [2.05, 4.69) is 42.1 Å². The Morgan fingerprint density at radius 1 is 1.28 bits per heavy atom. The summed E-state index contributed by atoms with van der Waals surface area (Å²) in [5.41, 5.74) is 0.717. The zero-order chi connectivity index (χ0) is 13.5. The smallest absolute Gasteiger partial charge is 0.273 e. The van der Waals surface area contributed by atoms with Crippen molar-refractivity contribution in [1.82, 2.24) is 14.8 Å². The number of benzene rings is 1. The summed E-state index contributed by atoms with van der Waals surface area (Å²) in [5.74, 6) is 0.409. The molecule has 0 bridgehead atoms. The van der Waals surface area contributed by atoms with Crippen LogP contribution in [0.5, 0.6) is 0 Å². The molecule has 2 N–H and O–H groups in total. The van der Waals surface area contributed by atoms with Gasteiger partial charge in [-0.15, -0.1) is 10.2 Å². The van der Waals surface area contributed by atoms with Gasteiger partial charge in [0, 0.05) is 21.6 Å². The van der Waals surface area contributed by atoms with Crippen LogP contribution in [0.1, 0.15) is 0 Å². The summed E-state index contributed by atoms with van der Waals surface area (Å²) < 4.78 is 25.5. The zero-order valence-electron chi connectivity index (χ0n) is 9.13. The van der Waals surface area contributed by atoms with Crippen molar-refractivity contribution in [2.24, 2.45) is 12.2 Å². The Kier molecular flexibility index (Phi) is 3.58. The van der Waals surface area contributed by atoms with E-state index in [1.54, 1.807) is 13.1 Å². The predicted molar refractivity (Wildman–Crippen MR) is 73.2 cm³/mol. The van der Waals surface area contributed by atoms with Crippen LogP contribution in [0.3, 0.4) is 0 Å². The Hall–Kier alpha value is -0.770. The van der Waals surface area contributed by atoms with E-state index in [0.29, 0.717) is 11.4 Å². The van der Waals surface area contributed by atoms with Crippen LogP contribution < -0.4 is 5.14 Å². The van der Waals surface area contributed by atoms with E-state index in [9.17, 15) is 8.42 Å². The fraction of sp³-hybridized carbons (Fsp3) is 0.111. The fourth-order valence-corrected chi connectivity index (χ4v) is 2.87. The third kappa shape index (κ3) is 2.48. The largest absolute Gasteiger partial charge is 0.300 e. The molecule has 0 saturated carbocycles. The van der Waals surface area contributed by atoms with E-state index in [-0.39, 0.29) is 5.16 Å². The molecular formula is C9H8Br2N4O2S. The maximum Gasteiger partial charge on any atom is 0.273 e. The summed E-state index contributed by atoms with van der Waals surface area (Å²) in [6.07, 6.45) is 0. The average molecular weight is 396 g/mol. The Morgan fingerprint density at radius 3 is 2.50 bits per heavy atom. The molecule has 2 aromatic rings. The lowest BCUT2D eigenvalue weighted by atomic mass is 10.2. The molecular weight excluding hydrogens is 388 g/mol. The van der Waals surface area contributed by atoms with Gasteiger partial charge in [0.1, 0.15) is 0 Å². The summed E-state index contributed by atoms with van der Waals surface area (Å²) >= 11 is 6.72. The molecule has 96 valence electrons. The summed E-state index contributed by atoms with van der Waals surface area (Å²) in [5, 5.41) is 12.2. The van der Waals surface area contributed by atoms with Crippen molar-refractivity contribution in [3.63, 3.8) is 0 Å². The SMILES string of the molecule is Cn1c(-c2cc(Br)ccc2Br)nnc1S(N)(=O)=O. The highest BCUT2D eigenvalue weighted by atomic mass is 79.9. The second-order valence-electron chi connectivity index (χ2n) is 3.53. The second-order valence-corrected chi connectivity index (χ2v) is 6.76. The van der Waals surface area contributed by atoms with E-state index in [1.807, 2.05) is 12.1 Å². The van der Waals surface area contributed by atoms with Gasteiger partial charge in [-0.05, 0) is 18.2 Å².